The van der Waals surface area contributed by atoms with E-state index in [2.05, 4.69) is 64.8 Å². The van der Waals surface area contributed by atoms with E-state index in [-0.39, 0.29) is 5.78 Å². The third kappa shape index (κ3) is 6.52. The number of anilines is 1. The van der Waals surface area contributed by atoms with Crippen molar-refractivity contribution < 1.29 is 4.79 Å². The fraction of sp³-hybridized carbons (Fsp3) is 0.321. The molecule has 0 radical (unpaired) electrons. The minimum absolute atomic E-state index is 0.0296. The molecule has 176 valence electrons. The lowest BCUT2D eigenvalue weighted by Crippen LogP contribution is -2.44. The Morgan fingerprint density at radius 1 is 0.971 bits per heavy atom. The Kier molecular flexibility index (Phi) is 8.09. The third-order valence-corrected chi connectivity index (χ3v) is 6.63. The zero-order chi connectivity index (χ0) is 23.9. The number of nitrogens with zero attached hydrogens (tertiary/aromatic N) is 4. The summed E-state index contributed by atoms with van der Waals surface area (Å²) in [5.74, 6) is 0.812. The largest absolute Gasteiger partial charge is 0.369 e. The van der Waals surface area contributed by atoms with E-state index in [0.717, 1.165) is 56.1 Å². The van der Waals surface area contributed by atoms with Gasteiger partial charge in [-0.15, -0.1) is 0 Å². The zero-order valence-corrected chi connectivity index (χ0v) is 20.5. The van der Waals surface area contributed by atoms with Gasteiger partial charge in [0, 0.05) is 50.9 Å². The van der Waals surface area contributed by atoms with Crippen LogP contribution in [0.25, 0.3) is 0 Å². The Hall–Kier alpha value is -3.02. The number of halogens is 1. The number of piperazine rings is 1. The zero-order valence-electron chi connectivity index (χ0n) is 19.7. The molecule has 0 bridgehead atoms. The molecule has 2 heterocycles. The van der Waals surface area contributed by atoms with E-state index in [1.165, 1.54) is 22.9 Å². The lowest BCUT2D eigenvalue weighted by molar-refractivity contribution is -0.114. The Bertz CT molecular complexity index is 1120. The second kappa shape index (κ2) is 11.4. The Morgan fingerprint density at radius 2 is 1.62 bits per heavy atom. The van der Waals surface area contributed by atoms with E-state index in [1.54, 1.807) is 6.20 Å². The number of hydrogen-bond acceptors (Lipinski definition) is 5. The van der Waals surface area contributed by atoms with E-state index >= 15 is 0 Å². The maximum absolute atomic E-state index is 11.5. The molecule has 1 fully saturated rings. The lowest BCUT2D eigenvalue weighted by Gasteiger charge is -2.34. The highest BCUT2D eigenvalue weighted by Crippen LogP contribution is 2.20. The summed E-state index contributed by atoms with van der Waals surface area (Å²) in [5, 5.41) is 0.599. The molecule has 2 aromatic carbocycles. The number of allylic oxidation sites excluding steroid dienone is 1. The van der Waals surface area contributed by atoms with Crippen molar-refractivity contribution in [3.8, 4) is 0 Å². The van der Waals surface area contributed by atoms with Crippen LogP contribution in [0.1, 0.15) is 28.2 Å². The van der Waals surface area contributed by atoms with Crippen molar-refractivity contribution in [3.63, 3.8) is 0 Å². The fourth-order valence-corrected chi connectivity index (χ4v) is 4.32. The molecular weight excluding hydrogens is 444 g/mol. The molecule has 0 aliphatic carbocycles. The van der Waals surface area contributed by atoms with Crippen LogP contribution < -0.4 is 4.90 Å². The number of carbonyl (C=O) groups excluding carboxylic acids is 1. The van der Waals surface area contributed by atoms with E-state index in [9.17, 15) is 4.79 Å². The normalized spacial score (nSPS) is 14.2. The number of likely N-dealkylation sites (N-methyl/N-ethyl adjacent to an activating group) is 1. The monoisotopic (exact) mass is 474 g/mol. The van der Waals surface area contributed by atoms with Gasteiger partial charge >= 0.3 is 0 Å². The summed E-state index contributed by atoms with van der Waals surface area (Å²) >= 11 is 6.40. The van der Waals surface area contributed by atoms with Gasteiger partial charge in [-0.2, -0.15) is 0 Å². The molecular formula is C28H31ClN4O. The van der Waals surface area contributed by atoms with Gasteiger partial charge in [0.25, 0.3) is 0 Å². The van der Waals surface area contributed by atoms with Gasteiger partial charge in [-0.3, -0.25) is 4.79 Å². The van der Waals surface area contributed by atoms with Gasteiger partial charge in [0.2, 0.25) is 0 Å². The van der Waals surface area contributed by atoms with Crippen LogP contribution in [0.3, 0.4) is 0 Å². The summed E-state index contributed by atoms with van der Waals surface area (Å²) in [6, 6.07) is 16.8. The highest BCUT2D eigenvalue weighted by atomic mass is 35.5. The number of aryl methyl sites for hydroxylation is 2. The molecule has 0 amide bonds. The molecule has 1 saturated heterocycles. The molecule has 34 heavy (non-hydrogen) atoms. The summed E-state index contributed by atoms with van der Waals surface area (Å²) in [6.45, 7) is 7.86. The standard InChI is InChI=1S/C28H31ClN4O/c1-3-25(34)18-22-6-4-21(5-7-22)10-13-27-26(29)20-30-28(31-27)19-23-8-11-24(12-9-23)33-16-14-32(2)15-17-33/h3-9,11-12,20H,1,10,13-19H2,2H3. The molecule has 6 heteroatoms. The third-order valence-electron chi connectivity index (χ3n) is 6.31. The highest BCUT2D eigenvalue weighted by molar-refractivity contribution is 6.31. The maximum atomic E-state index is 11.5. The average molecular weight is 475 g/mol. The summed E-state index contributed by atoms with van der Waals surface area (Å²) in [4.78, 5) is 25.5. The van der Waals surface area contributed by atoms with Gasteiger partial charge in [0.15, 0.2) is 5.78 Å². The molecule has 0 unspecified atom stereocenters. The number of rotatable bonds is 9. The smallest absolute Gasteiger partial charge is 0.159 e. The minimum Gasteiger partial charge on any atom is -0.369 e. The van der Waals surface area contributed by atoms with Crippen molar-refractivity contribution >= 4 is 23.1 Å². The molecule has 4 rings (SSSR count). The van der Waals surface area contributed by atoms with E-state index < -0.39 is 0 Å². The van der Waals surface area contributed by atoms with Gasteiger partial charge in [-0.1, -0.05) is 54.6 Å². The molecule has 1 aromatic heterocycles. The quantitative estimate of drug-likeness (QED) is 0.426. The molecule has 0 atom stereocenters. The maximum Gasteiger partial charge on any atom is 0.159 e. The predicted octanol–water partition coefficient (Wildman–Crippen LogP) is 4.56. The van der Waals surface area contributed by atoms with Crippen molar-refractivity contribution in [1.29, 1.82) is 0 Å². The topological polar surface area (TPSA) is 49.3 Å². The predicted molar refractivity (Wildman–Crippen MR) is 139 cm³/mol. The number of hydrogen-bond donors (Lipinski definition) is 0. The van der Waals surface area contributed by atoms with Crippen molar-refractivity contribution in [2.45, 2.75) is 25.7 Å². The molecule has 0 saturated carbocycles. The summed E-state index contributed by atoms with van der Waals surface area (Å²) in [7, 11) is 2.17. The van der Waals surface area contributed by atoms with Crippen LogP contribution in [-0.4, -0.2) is 53.9 Å². The Labute approximate surface area is 207 Å². The Morgan fingerprint density at radius 3 is 2.29 bits per heavy atom. The second-order valence-electron chi connectivity index (χ2n) is 8.88. The van der Waals surface area contributed by atoms with Crippen molar-refractivity contribution in [3.05, 3.63) is 101 Å². The van der Waals surface area contributed by atoms with Gasteiger partial charge in [-0.25, -0.2) is 9.97 Å². The van der Waals surface area contributed by atoms with Crippen LogP contribution in [0.2, 0.25) is 5.02 Å². The first-order valence-electron chi connectivity index (χ1n) is 11.8. The Balaban J connectivity index is 1.35. The van der Waals surface area contributed by atoms with Gasteiger partial charge in [0.1, 0.15) is 5.82 Å². The first-order chi connectivity index (χ1) is 16.5. The van der Waals surface area contributed by atoms with Crippen LogP contribution in [0.5, 0.6) is 0 Å². The summed E-state index contributed by atoms with van der Waals surface area (Å²) in [5.41, 5.74) is 5.51. The van der Waals surface area contributed by atoms with Gasteiger partial charge in [-0.05, 0) is 54.8 Å². The average Bonchev–Trinajstić information content (AvgIpc) is 2.86. The van der Waals surface area contributed by atoms with Crippen molar-refractivity contribution in [1.82, 2.24) is 14.9 Å². The van der Waals surface area contributed by atoms with Gasteiger partial charge < -0.3 is 9.80 Å². The first kappa shape index (κ1) is 24.1. The molecule has 0 spiro atoms. The lowest BCUT2D eigenvalue weighted by atomic mass is 10.0. The molecule has 3 aromatic rings. The minimum atomic E-state index is 0.0296. The van der Waals surface area contributed by atoms with Crippen LogP contribution >= 0.6 is 11.6 Å². The molecule has 1 aliphatic rings. The first-order valence-corrected chi connectivity index (χ1v) is 12.1. The number of carbonyl (C=O) groups is 1. The number of aromatic nitrogens is 2. The van der Waals surface area contributed by atoms with Crippen molar-refractivity contribution in [2.75, 3.05) is 38.1 Å². The van der Waals surface area contributed by atoms with E-state index in [4.69, 9.17) is 16.6 Å². The van der Waals surface area contributed by atoms with Crippen molar-refractivity contribution in [2.24, 2.45) is 0 Å². The van der Waals surface area contributed by atoms with Crippen LogP contribution in [0.15, 0.2) is 67.4 Å². The second-order valence-corrected chi connectivity index (χ2v) is 9.29. The number of benzene rings is 2. The summed E-state index contributed by atoms with van der Waals surface area (Å²) in [6.07, 6.45) is 5.71. The van der Waals surface area contributed by atoms with Crippen LogP contribution in [-0.2, 0) is 30.5 Å². The van der Waals surface area contributed by atoms with Crippen LogP contribution in [0.4, 0.5) is 5.69 Å². The highest BCUT2D eigenvalue weighted by Gasteiger charge is 2.14. The van der Waals surface area contributed by atoms with Gasteiger partial charge in [0.05, 0.1) is 10.7 Å². The summed E-state index contributed by atoms with van der Waals surface area (Å²) < 4.78 is 0. The fourth-order valence-electron chi connectivity index (χ4n) is 4.14. The molecule has 0 N–H and O–H groups in total. The molecule has 1 aliphatic heterocycles. The van der Waals surface area contributed by atoms with Crippen LogP contribution in [0, 0.1) is 0 Å². The number of ketones is 1. The molecule has 5 nitrogen and oxygen atoms in total. The SMILES string of the molecule is C=CC(=O)Cc1ccc(CCc2nc(Cc3ccc(N4CCN(C)CC4)cc3)ncc2Cl)cc1. The van der Waals surface area contributed by atoms with E-state index in [1.807, 2.05) is 12.1 Å². The van der Waals surface area contributed by atoms with E-state index in [0.29, 0.717) is 17.9 Å².